The summed E-state index contributed by atoms with van der Waals surface area (Å²) in [6.45, 7) is 1.33. The summed E-state index contributed by atoms with van der Waals surface area (Å²) in [6, 6.07) is 12.6. The Morgan fingerprint density at radius 1 is 1.03 bits per heavy atom. The first kappa shape index (κ1) is 27.3. The van der Waals surface area contributed by atoms with Gasteiger partial charge in [-0.05, 0) is 55.7 Å². The fourth-order valence-electron chi connectivity index (χ4n) is 4.18. The molecule has 1 fully saturated rings. The lowest BCUT2D eigenvalue weighted by Gasteiger charge is -2.33. The highest BCUT2D eigenvalue weighted by atomic mass is 35.5. The van der Waals surface area contributed by atoms with Crippen molar-refractivity contribution in [2.45, 2.75) is 57.7 Å². The van der Waals surface area contributed by atoms with E-state index < -0.39 is 28.5 Å². The highest BCUT2D eigenvalue weighted by Crippen LogP contribution is 2.23. The van der Waals surface area contributed by atoms with Gasteiger partial charge in [0.2, 0.25) is 21.8 Å². The van der Waals surface area contributed by atoms with Crippen LogP contribution in [0.2, 0.25) is 10.0 Å². The monoisotopic (exact) mass is 539 g/mol. The van der Waals surface area contributed by atoms with Crippen LogP contribution in [-0.4, -0.2) is 50.0 Å². The zero-order chi connectivity index (χ0) is 25.6. The molecule has 1 saturated carbocycles. The number of anilines is 1. The van der Waals surface area contributed by atoms with E-state index in [1.165, 1.54) is 11.0 Å². The van der Waals surface area contributed by atoms with Crippen LogP contribution in [0.15, 0.2) is 48.5 Å². The second kappa shape index (κ2) is 12.1. The topological polar surface area (TPSA) is 86.8 Å². The first-order chi connectivity index (χ1) is 16.5. The molecule has 0 spiro atoms. The smallest absolute Gasteiger partial charge is 0.244 e. The molecule has 0 aliphatic heterocycles. The van der Waals surface area contributed by atoms with E-state index in [4.69, 9.17) is 23.2 Å². The second-order valence-corrected chi connectivity index (χ2v) is 11.7. The number of carbonyl (C=O) groups is 2. The number of carbonyl (C=O) groups excluding carboxylic acids is 2. The first-order valence-corrected chi connectivity index (χ1v) is 14.2. The number of benzene rings is 2. The fourth-order valence-corrected chi connectivity index (χ4v) is 5.33. The third kappa shape index (κ3) is 7.85. The van der Waals surface area contributed by atoms with Gasteiger partial charge < -0.3 is 10.2 Å². The van der Waals surface area contributed by atoms with E-state index in [1.54, 1.807) is 49.4 Å². The quantitative estimate of drug-likeness (QED) is 0.503. The molecule has 0 saturated heterocycles. The Kier molecular flexibility index (Phi) is 9.44. The molecule has 2 aromatic carbocycles. The van der Waals surface area contributed by atoms with Gasteiger partial charge in [-0.3, -0.25) is 13.9 Å². The van der Waals surface area contributed by atoms with Crippen molar-refractivity contribution in [1.82, 2.24) is 10.2 Å². The van der Waals surface area contributed by atoms with Crippen molar-refractivity contribution in [3.8, 4) is 0 Å². The third-order valence-corrected chi connectivity index (χ3v) is 7.79. The standard InChI is InChI=1S/C25H31Cl2N3O4S/c1-18(25(32)28-22-8-4-3-5-9-22)29(16-19-11-13-20(26)14-12-19)24(31)17-30(35(2,33)34)23-10-6-7-21(27)15-23/h6-7,10-15,18,22H,3-5,8-9,16-17H2,1-2H3,(H,28,32)/t18-/m1/s1. The van der Waals surface area contributed by atoms with Crippen LogP contribution in [0.25, 0.3) is 0 Å². The highest BCUT2D eigenvalue weighted by molar-refractivity contribution is 7.92. The van der Waals surface area contributed by atoms with Crippen LogP contribution in [0, 0.1) is 0 Å². The Hall–Kier alpha value is -2.29. The zero-order valence-electron chi connectivity index (χ0n) is 19.9. The molecule has 1 atom stereocenters. The van der Waals surface area contributed by atoms with Crippen molar-refractivity contribution in [2.75, 3.05) is 17.1 Å². The molecule has 0 heterocycles. The summed E-state index contributed by atoms with van der Waals surface area (Å²) < 4.78 is 26.2. The summed E-state index contributed by atoms with van der Waals surface area (Å²) in [6.07, 6.45) is 6.16. The number of hydrogen-bond acceptors (Lipinski definition) is 4. The van der Waals surface area contributed by atoms with Gasteiger partial charge in [-0.2, -0.15) is 0 Å². The van der Waals surface area contributed by atoms with E-state index in [1.807, 2.05) is 0 Å². The Morgan fingerprint density at radius 2 is 1.69 bits per heavy atom. The molecule has 0 aromatic heterocycles. The van der Waals surface area contributed by atoms with Gasteiger partial charge in [0.1, 0.15) is 12.6 Å². The first-order valence-electron chi connectivity index (χ1n) is 11.6. The van der Waals surface area contributed by atoms with Crippen molar-refractivity contribution in [3.63, 3.8) is 0 Å². The molecule has 1 N–H and O–H groups in total. The molecule has 190 valence electrons. The van der Waals surface area contributed by atoms with Gasteiger partial charge in [-0.1, -0.05) is 60.7 Å². The van der Waals surface area contributed by atoms with Gasteiger partial charge in [0.05, 0.1) is 11.9 Å². The summed E-state index contributed by atoms with van der Waals surface area (Å²) >= 11 is 12.1. The maximum absolute atomic E-state index is 13.5. The predicted octanol–water partition coefficient (Wildman–Crippen LogP) is 4.63. The molecule has 7 nitrogen and oxygen atoms in total. The van der Waals surface area contributed by atoms with Gasteiger partial charge in [-0.15, -0.1) is 0 Å². The average Bonchev–Trinajstić information content (AvgIpc) is 2.81. The van der Waals surface area contributed by atoms with Crippen LogP contribution in [0.3, 0.4) is 0 Å². The summed E-state index contributed by atoms with van der Waals surface area (Å²) in [4.78, 5) is 28.1. The molecule has 3 rings (SSSR count). The number of nitrogens with one attached hydrogen (secondary N) is 1. The minimum Gasteiger partial charge on any atom is -0.352 e. The molecule has 1 aliphatic carbocycles. The van der Waals surface area contributed by atoms with E-state index in [-0.39, 0.29) is 24.2 Å². The van der Waals surface area contributed by atoms with Gasteiger partial charge in [0, 0.05) is 22.6 Å². The van der Waals surface area contributed by atoms with Crippen LogP contribution >= 0.6 is 23.2 Å². The van der Waals surface area contributed by atoms with Gasteiger partial charge in [-0.25, -0.2) is 8.42 Å². The van der Waals surface area contributed by atoms with Crippen LogP contribution in [-0.2, 0) is 26.2 Å². The second-order valence-electron chi connectivity index (χ2n) is 8.92. The summed E-state index contributed by atoms with van der Waals surface area (Å²) in [5, 5.41) is 3.97. The van der Waals surface area contributed by atoms with Crippen LogP contribution in [0.1, 0.15) is 44.6 Å². The molecular weight excluding hydrogens is 509 g/mol. The average molecular weight is 541 g/mol. The molecule has 2 aromatic rings. The van der Waals surface area contributed by atoms with Crippen LogP contribution < -0.4 is 9.62 Å². The number of sulfonamides is 1. The van der Waals surface area contributed by atoms with Crippen molar-refractivity contribution in [3.05, 3.63) is 64.1 Å². The van der Waals surface area contributed by atoms with Gasteiger partial charge >= 0.3 is 0 Å². The van der Waals surface area contributed by atoms with E-state index >= 15 is 0 Å². The van der Waals surface area contributed by atoms with E-state index in [9.17, 15) is 18.0 Å². The summed E-state index contributed by atoms with van der Waals surface area (Å²) in [5.41, 5.74) is 1.05. The molecular formula is C25H31Cl2N3O4S. The number of rotatable bonds is 9. The SMILES string of the molecule is C[C@H](C(=O)NC1CCCCC1)N(Cc1ccc(Cl)cc1)C(=O)CN(c1cccc(Cl)c1)S(C)(=O)=O. The normalized spacial score (nSPS) is 15.3. The molecule has 1 aliphatic rings. The number of nitrogens with zero attached hydrogens (tertiary/aromatic N) is 2. The lowest BCUT2D eigenvalue weighted by molar-refractivity contribution is -0.139. The predicted molar refractivity (Wildman–Crippen MR) is 140 cm³/mol. The van der Waals surface area contributed by atoms with Gasteiger partial charge in [0.25, 0.3) is 0 Å². The Balaban J connectivity index is 1.86. The Labute approximate surface area is 217 Å². The summed E-state index contributed by atoms with van der Waals surface area (Å²) in [7, 11) is -3.80. The minimum atomic E-state index is -3.80. The summed E-state index contributed by atoms with van der Waals surface area (Å²) in [5.74, 6) is -0.760. The lowest BCUT2D eigenvalue weighted by Crippen LogP contribution is -2.52. The van der Waals surface area contributed by atoms with Crippen molar-refractivity contribution >= 4 is 50.7 Å². The molecule has 0 bridgehead atoms. The molecule has 10 heteroatoms. The Bertz CT molecular complexity index is 1140. The van der Waals surface area contributed by atoms with E-state index in [2.05, 4.69) is 5.32 Å². The highest BCUT2D eigenvalue weighted by Gasteiger charge is 2.31. The molecule has 0 unspecified atom stereocenters. The van der Waals surface area contributed by atoms with E-state index in [0.29, 0.717) is 10.0 Å². The maximum atomic E-state index is 13.5. The Morgan fingerprint density at radius 3 is 2.29 bits per heavy atom. The molecule has 2 amide bonds. The van der Waals surface area contributed by atoms with Gasteiger partial charge in [0.15, 0.2) is 0 Å². The number of hydrogen-bond donors (Lipinski definition) is 1. The number of amides is 2. The molecule has 35 heavy (non-hydrogen) atoms. The largest absolute Gasteiger partial charge is 0.352 e. The lowest BCUT2D eigenvalue weighted by atomic mass is 9.95. The zero-order valence-corrected chi connectivity index (χ0v) is 22.2. The third-order valence-electron chi connectivity index (χ3n) is 6.16. The van der Waals surface area contributed by atoms with Crippen LogP contribution in [0.4, 0.5) is 5.69 Å². The van der Waals surface area contributed by atoms with Crippen molar-refractivity contribution in [1.29, 1.82) is 0 Å². The maximum Gasteiger partial charge on any atom is 0.244 e. The van der Waals surface area contributed by atoms with Crippen molar-refractivity contribution in [2.24, 2.45) is 0 Å². The van der Waals surface area contributed by atoms with Crippen molar-refractivity contribution < 1.29 is 18.0 Å². The minimum absolute atomic E-state index is 0.0881. The fraction of sp³-hybridized carbons (Fsp3) is 0.440. The molecule has 0 radical (unpaired) electrons. The van der Waals surface area contributed by atoms with Crippen LogP contribution in [0.5, 0.6) is 0 Å². The van der Waals surface area contributed by atoms with E-state index in [0.717, 1.165) is 48.2 Å². The number of halogens is 2.